The molecule has 0 aliphatic carbocycles. The summed E-state index contributed by atoms with van der Waals surface area (Å²) in [5.74, 6) is 0.979. The van der Waals surface area contributed by atoms with Gasteiger partial charge in [0.15, 0.2) is 5.78 Å². The summed E-state index contributed by atoms with van der Waals surface area (Å²) in [6.45, 7) is 8.66. The van der Waals surface area contributed by atoms with Crippen LogP contribution in [0.2, 0.25) is 0 Å². The van der Waals surface area contributed by atoms with Gasteiger partial charge in [0.25, 0.3) is 0 Å². The van der Waals surface area contributed by atoms with Crippen LogP contribution in [-0.4, -0.2) is 5.78 Å². The van der Waals surface area contributed by atoms with E-state index >= 15 is 0 Å². The molecule has 1 aromatic carbocycles. The molecule has 0 N–H and O–H groups in total. The molecule has 1 aromatic heterocycles. The van der Waals surface area contributed by atoms with E-state index in [-0.39, 0.29) is 5.78 Å². The third-order valence-corrected chi connectivity index (χ3v) is 5.23. The molecule has 0 saturated carbocycles. The molecule has 2 aromatic rings. The Balaban J connectivity index is 2.48. The standard InChI is InChI=1S/C17H19IOS/c1-10(2)12-5-6-14(15(7-12)11(3)4)17(19)13-8-16(18)20-9-13/h5-11H,1-4H3. The second-order valence-electron chi connectivity index (χ2n) is 5.62. The number of hydrogen-bond acceptors (Lipinski definition) is 2. The van der Waals surface area contributed by atoms with Gasteiger partial charge in [0.1, 0.15) is 0 Å². The summed E-state index contributed by atoms with van der Waals surface area (Å²) in [6.07, 6.45) is 0. The first kappa shape index (κ1) is 15.7. The molecule has 0 radical (unpaired) electrons. The van der Waals surface area contributed by atoms with Crippen molar-refractivity contribution in [2.45, 2.75) is 39.5 Å². The van der Waals surface area contributed by atoms with Crippen LogP contribution >= 0.6 is 33.9 Å². The first-order valence-electron chi connectivity index (χ1n) is 6.82. The van der Waals surface area contributed by atoms with Crippen molar-refractivity contribution < 1.29 is 4.79 Å². The van der Waals surface area contributed by atoms with Crippen LogP contribution in [0.25, 0.3) is 0 Å². The monoisotopic (exact) mass is 398 g/mol. The quantitative estimate of drug-likeness (QED) is 0.468. The van der Waals surface area contributed by atoms with E-state index < -0.39 is 0 Å². The predicted molar refractivity (Wildman–Crippen MR) is 95.1 cm³/mol. The van der Waals surface area contributed by atoms with Gasteiger partial charge in [-0.25, -0.2) is 0 Å². The Morgan fingerprint density at radius 2 is 1.80 bits per heavy atom. The molecule has 1 nitrogen and oxygen atoms in total. The van der Waals surface area contributed by atoms with Crippen LogP contribution < -0.4 is 0 Å². The fourth-order valence-electron chi connectivity index (χ4n) is 2.21. The minimum absolute atomic E-state index is 0.142. The Labute approximate surface area is 138 Å². The normalized spacial score (nSPS) is 11.3. The fraction of sp³-hybridized carbons (Fsp3) is 0.353. The van der Waals surface area contributed by atoms with Crippen molar-refractivity contribution in [1.29, 1.82) is 0 Å². The molecule has 3 heteroatoms. The minimum atomic E-state index is 0.142. The maximum Gasteiger partial charge on any atom is 0.194 e. The van der Waals surface area contributed by atoms with Crippen molar-refractivity contribution in [2.24, 2.45) is 0 Å². The lowest BCUT2D eigenvalue weighted by Gasteiger charge is -2.15. The van der Waals surface area contributed by atoms with Gasteiger partial charge in [0.05, 0.1) is 2.88 Å². The lowest BCUT2D eigenvalue weighted by molar-refractivity contribution is 0.103. The number of carbonyl (C=O) groups is 1. The molecule has 0 unspecified atom stereocenters. The van der Waals surface area contributed by atoms with E-state index in [2.05, 4.69) is 62.4 Å². The average molecular weight is 398 g/mol. The number of halogens is 1. The van der Waals surface area contributed by atoms with Crippen LogP contribution in [-0.2, 0) is 0 Å². The van der Waals surface area contributed by atoms with Gasteiger partial charge in [-0.05, 0) is 51.6 Å². The van der Waals surface area contributed by atoms with E-state index in [1.54, 1.807) is 11.3 Å². The molecule has 2 rings (SSSR count). The van der Waals surface area contributed by atoms with Crippen molar-refractivity contribution in [3.8, 4) is 0 Å². The largest absolute Gasteiger partial charge is 0.289 e. The SMILES string of the molecule is CC(C)c1ccc(C(=O)c2csc(I)c2)c(C(C)C)c1. The maximum atomic E-state index is 12.7. The molecule has 0 amide bonds. The van der Waals surface area contributed by atoms with E-state index in [1.165, 1.54) is 5.56 Å². The maximum absolute atomic E-state index is 12.7. The number of rotatable bonds is 4. The summed E-state index contributed by atoms with van der Waals surface area (Å²) >= 11 is 3.87. The molecule has 0 aliphatic rings. The molecule has 0 saturated heterocycles. The van der Waals surface area contributed by atoms with E-state index in [0.717, 1.165) is 19.6 Å². The van der Waals surface area contributed by atoms with Gasteiger partial charge < -0.3 is 0 Å². The summed E-state index contributed by atoms with van der Waals surface area (Å²) in [5.41, 5.74) is 4.10. The molecule has 1 heterocycles. The van der Waals surface area contributed by atoms with Crippen LogP contribution in [0.5, 0.6) is 0 Å². The van der Waals surface area contributed by atoms with Crippen LogP contribution in [0.1, 0.15) is 66.6 Å². The molecular formula is C17H19IOS. The highest BCUT2D eigenvalue weighted by atomic mass is 127. The van der Waals surface area contributed by atoms with Gasteiger partial charge in [-0.2, -0.15) is 0 Å². The van der Waals surface area contributed by atoms with Crippen LogP contribution in [0, 0.1) is 2.88 Å². The highest BCUT2D eigenvalue weighted by Crippen LogP contribution is 2.28. The minimum Gasteiger partial charge on any atom is -0.289 e. The Morgan fingerprint density at radius 3 is 2.30 bits per heavy atom. The average Bonchev–Trinajstić information content (AvgIpc) is 2.83. The number of ketones is 1. The Bertz CT molecular complexity index is 626. The van der Waals surface area contributed by atoms with Gasteiger partial charge >= 0.3 is 0 Å². The lowest BCUT2D eigenvalue weighted by Crippen LogP contribution is -2.07. The van der Waals surface area contributed by atoms with E-state index in [0.29, 0.717) is 11.8 Å². The third-order valence-electron chi connectivity index (χ3n) is 3.44. The summed E-state index contributed by atoms with van der Waals surface area (Å²) in [5, 5.41) is 1.95. The van der Waals surface area contributed by atoms with Crippen molar-refractivity contribution in [3.05, 3.63) is 54.8 Å². The second-order valence-corrected chi connectivity index (χ2v) is 8.43. The molecule has 106 valence electrons. The molecule has 20 heavy (non-hydrogen) atoms. The Morgan fingerprint density at radius 1 is 1.10 bits per heavy atom. The van der Waals surface area contributed by atoms with Gasteiger partial charge in [-0.3, -0.25) is 4.79 Å². The number of thiophene rings is 1. The second kappa shape index (κ2) is 6.39. The Kier molecular flexibility index (Phi) is 5.02. The molecule has 0 aliphatic heterocycles. The first-order chi connectivity index (χ1) is 9.40. The molecule has 0 atom stereocenters. The zero-order chi connectivity index (χ0) is 14.9. The van der Waals surface area contributed by atoms with Crippen LogP contribution in [0.4, 0.5) is 0 Å². The molecule has 0 spiro atoms. The highest BCUT2D eigenvalue weighted by molar-refractivity contribution is 14.1. The summed E-state index contributed by atoms with van der Waals surface area (Å²) in [7, 11) is 0. The van der Waals surface area contributed by atoms with Crippen LogP contribution in [0.3, 0.4) is 0 Å². The fourth-order valence-corrected chi connectivity index (χ4v) is 3.54. The van der Waals surface area contributed by atoms with E-state index in [1.807, 2.05) is 17.5 Å². The zero-order valence-corrected chi connectivity index (χ0v) is 15.2. The summed E-state index contributed by atoms with van der Waals surface area (Å²) in [6, 6.07) is 8.24. The highest BCUT2D eigenvalue weighted by Gasteiger charge is 2.17. The number of benzene rings is 1. The van der Waals surface area contributed by atoms with Gasteiger partial charge in [-0.15, -0.1) is 11.3 Å². The smallest absolute Gasteiger partial charge is 0.194 e. The zero-order valence-electron chi connectivity index (χ0n) is 12.2. The first-order valence-corrected chi connectivity index (χ1v) is 8.78. The molecule has 0 bridgehead atoms. The number of hydrogen-bond donors (Lipinski definition) is 0. The summed E-state index contributed by atoms with van der Waals surface area (Å²) in [4.78, 5) is 12.7. The van der Waals surface area contributed by atoms with Crippen molar-refractivity contribution in [2.75, 3.05) is 0 Å². The predicted octanol–water partition coefficient (Wildman–Crippen LogP) is 5.83. The third kappa shape index (κ3) is 3.31. The van der Waals surface area contributed by atoms with E-state index in [9.17, 15) is 4.79 Å². The van der Waals surface area contributed by atoms with E-state index in [4.69, 9.17) is 0 Å². The Hall–Kier alpha value is -0.680. The lowest BCUT2D eigenvalue weighted by atomic mass is 9.89. The topological polar surface area (TPSA) is 17.1 Å². The van der Waals surface area contributed by atoms with Gasteiger partial charge in [-0.1, -0.05) is 45.9 Å². The molecular weight excluding hydrogens is 379 g/mol. The van der Waals surface area contributed by atoms with Crippen LogP contribution in [0.15, 0.2) is 29.6 Å². The van der Waals surface area contributed by atoms with Gasteiger partial charge in [0.2, 0.25) is 0 Å². The number of carbonyl (C=O) groups excluding carboxylic acids is 1. The van der Waals surface area contributed by atoms with Crippen molar-refractivity contribution >= 4 is 39.7 Å². The molecule has 0 fully saturated rings. The van der Waals surface area contributed by atoms with Crippen molar-refractivity contribution in [1.82, 2.24) is 0 Å². The van der Waals surface area contributed by atoms with Gasteiger partial charge in [0, 0.05) is 16.5 Å². The van der Waals surface area contributed by atoms with Crippen molar-refractivity contribution in [3.63, 3.8) is 0 Å². The summed E-state index contributed by atoms with van der Waals surface area (Å²) < 4.78 is 1.15.